The molecule has 1 aromatic rings. The van der Waals surface area contributed by atoms with E-state index >= 15 is 0 Å². The number of likely N-dealkylation sites (N-methyl/N-ethyl adjacent to an activating group) is 1. The van der Waals surface area contributed by atoms with Gasteiger partial charge in [0.2, 0.25) is 5.89 Å². The van der Waals surface area contributed by atoms with Crippen molar-refractivity contribution in [3.05, 3.63) is 17.8 Å². The van der Waals surface area contributed by atoms with E-state index in [1.54, 1.807) is 0 Å². The number of rotatable bonds is 7. The van der Waals surface area contributed by atoms with E-state index < -0.39 is 0 Å². The number of carbonyl (C=O) groups excluding carboxylic acids is 1. The molecule has 0 aromatic carbocycles. The van der Waals surface area contributed by atoms with Gasteiger partial charge in [0.25, 0.3) is 5.91 Å². The Bertz CT molecular complexity index is 423. The van der Waals surface area contributed by atoms with Gasteiger partial charge in [-0.2, -0.15) is 0 Å². The van der Waals surface area contributed by atoms with Crippen LogP contribution < -0.4 is 10.6 Å². The first kappa shape index (κ1) is 15.0. The SMILES string of the molecule is CCN(CC)CCNC(=O)c1coc(C2CCCN2)n1. The van der Waals surface area contributed by atoms with Crippen molar-refractivity contribution in [2.45, 2.75) is 32.7 Å². The maximum Gasteiger partial charge on any atom is 0.273 e. The second-order valence-electron chi connectivity index (χ2n) is 5.00. The third kappa shape index (κ3) is 3.80. The molecule has 1 fully saturated rings. The van der Waals surface area contributed by atoms with Gasteiger partial charge in [0.1, 0.15) is 6.26 Å². The molecule has 1 saturated heterocycles. The summed E-state index contributed by atoms with van der Waals surface area (Å²) in [5.41, 5.74) is 0.369. The van der Waals surface area contributed by atoms with E-state index in [-0.39, 0.29) is 11.9 Å². The van der Waals surface area contributed by atoms with Crippen LogP contribution in [0.5, 0.6) is 0 Å². The van der Waals surface area contributed by atoms with Gasteiger partial charge >= 0.3 is 0 Å². The zero-order valence-corrected chi connectivity index (χ0v) is 12.3. The van der Waals surface area contributed by atoms with Gasteiger partial charge in [0, 0.05) is 13.1 Å². The van der Waals surface area contributed by atoms with Gasteiger partial charge in [-0.15, -0.1) is 0 Å². The minimum Gasteiger partial charge on any atom is -0.446 e. The summed E-state index contributed by atoms with van der Waals surface area (Å²) >= 11 is 0. The highest BCUT2D eigenvalue weighted by atomic mass is 16.3. The first-order valence-electron chi connectivity index (χ1n) is 7.44. The van der Waals surface area contributed by atoms with Crippen LogP contribution in [0, 0.1) is 0 Å². The van der Waals surface area contributed by atoms with Crippen LogP contribution >= 0.6 is 0 Å². The molecule has 2 N–H and O–H groups in total. The zero-order valence-electron chi connectivity index (χ0n) is 12.3. The molecule has 0 aliphatic carbocycles. The summed E-state index contributed by atoms with van der Waals surface area (Å²) in [6.07, 6.45) is 3.59. The summed E-state index contributed by atoms with van der Waals surface area (Å²) in [4.78, 5) is 18.5. The van der Waals surface area contributed by atoms with E-state index in [9.17, 15) is 4.79 Å². The van der Waals surface area contributed by atoms with Crippen LogP contribution in [0.3, 0.4) is 0 Å². The third-order valence-electron chi connectivity index (χ3n) is 3.72. The fraction of sp³-hybridized carbons (Fsp3) is 0.714. The minimum atomic E-state index is -0.162. The van der Waals surface area contributed by atoms with E-state index in [1.807, 2.05) is 0 Å². The maximum atomic E-state index is 12.0. The number of oxazole rings is 1. The minimum absolute atomic E-state index is 0.159. The molecule has 2 rings (SSSR count). The molecule has 0 spiro atoms. The summed E-state index contributed by atoms with van der Waals surface area (Å²) < 4.78 is 5.39. The van der Waals surface area contributed by atoms with E-state index in [0.717, 1.165) is 39.0 Å². The summed E-state index contributed by atoms with van der Waals surface area (Å²) in [5, 5.41) is 6.18. The lowest BCUT2D eigenvalue weighted by Crippen LogP contribution is -2.34. The Morgan fingerprint density at radius 2 is 2.35 bits per heavy atom. The molecule has 1 aliphatic rings. The number of nitrogens with one attached hydrogen (secondary N) is 2. The van der Waals surface area contributed by atoms with Crippen molar-refractivity contribution >= 4 is 5.91 Å². The van der Waals surface area contributed by atoms with Crippen LogP contribution in [0.4, 0.5) is 0 Å². The highest BCUT2D eigenvalue weighted by molar-refractivity contribution is 5.91. The van der Waals surface area contributed by atoms with Gasteiger partial charge < -0.3 is 20.0 Å². The molecule has 1 aliphatic heterocycles. The number of hydrogen-bond acceptors (Lipinski definition) is 5. The first-order chi connectivity index (χ1) is 9.74. The van der Waals surface area contributed by atoms with Gasteiger partial charge in [-0.3, -0.25) is 4.79 Å². The maximum absolute atomic E-state index is 12.0. The van der Waals surface area contributed by atoms with Crippen LogP contribution in [-0.4, -0.2) is 48.5 Å². The van der Waals surface area contributed by atoms with Crippen molar-refractivity contribution in [1.82, 2.24) is 20.5 Å². The molecular weight excluding hydrogens is 256 g/mol. The average molecular weight is 280 g/mol. The predicted molar refractivity (Wildman–Crippen MR) is 76.6 cm³/mol. The lowest BCUT2D eigenvalue weighted by Gasteiger charge is -2.17. The molecule has 1 amide bonds. The molecule has 1 aromatic heterocycles. The Kier molecular flexibility index (Phi) is 5.55. The molecule has 112 valence electrons. The standard InChI is InChI=1S/C14H24N4O2/c1-3-18(4-2)9-8-16-13(19)12-10-20-14(17-12)11-6-5-7-15-11/h10-11,15H,3-9H2,1-2H3,(H,16,19). The van der Waals surface area contributed by atoms with Crippen LogP contribution in [0.25, 0.3) is 0 Å². The molecule has 0 radical (unpaired) electrons. The Labute approximate surface area is 119 Å². The molecule has 6 heteroatoms. The summed E-state index contributed by atoms with van der Waals surface area (Å²) in [5.74, 6) is 0.460. The van der Waals surface area contributed by atoms with Crippen molar-refractivity contribution in [1.29, 1.82) is 0 Å². The molecule has 20 heavy (non-hydrogen) atoms. The Balaban J connectivity index is 1.80. The highest BCUT2D eigenvalue weighted by Crippen LogP contribution is 2.21. The fourth-order valence-electron chi connectivity index (χ4n) is 2.41. The molecule has 2 heterocycles. The normalized spacial score (nSPS) is 18.6. The van der Waals surface area contributed by atoms with Gasteiger partial charge in [0.15, 0.2) is 5.69 Å². The van der Waals surface area contributed by atoms with Crippen molar-refractivity contribution < 1.29 is 9.21 Å². The lowest BCUT2D eigenvalue weighted by atomic mass is 10.2. The van der Waals surface area contributed by atoms with Crippen molar-refractivity contribution in [3.63, 3.8) is 0 Å². The van der Waals surface area contributed by atoms with Gasteiger partial charge in [-0.25, -0.2) is 4.98 Å². The van der Waals surface area contributed by atoms with E-state index in [2.05, 4.69) is 34.4 Å². The van der Waals surface area contributed by atoms with Crippen LogP contribution in [0.2, 0.25) is 0 Å². The van der Waals surface area contributed by atoms with Crippen LogP contribution in [0.1, 0.15) is 49.1 Å². The summed E-state index contributed by atoms with van der Waals surface area (Å²) in [7, 11) is 0. The van der Waals surface area contributed by atoms with E-state index in [0.29, 0.717) is 18.1 Å². The number of aromatic nitrogens is 1. The van der Waals surface area contributed by atoms with Crippen molar-refractivity contribution in [2.75, 3.05) is 32.7 Å². The van der Waals surface area contributed by atoms with Gasteiger partial charge in [0.05, 0.1) is 6.04 Å². The highest BCUT2D eigenvalue weighted by Gasteiger charge is 2.22. The smallest absolute Gasteiger partial charge is 0.273 e. The van der Waals surface area contributed by atoms with Gasteiger partial charge in [-0.1, -0.05) is 13.8 Å². The Morgan fingerprint density at radius 1 is 1.55 bits per heavy atom. The average Bonchev–Trinajstić information content (AvgIpc) is 3.13. The van der Waals surface area contributed by atoms with Crippen molar-refractivity contribution in [3.8, 4) is 0 Å². The number of carbonyl (C=O) groups is 1. The second kappa shape index (κ2) is 7.40. The van der Waals surface area contributed by atoms with Crippen LogP contribution in [0.15, 0.2) is 10.7 Å². The number of amides is 1. The van der Waals surface area contributed by atoms with Crippen molar-refractivity contribution in [2.24, 2.45) is 0 Å². The summed E-state index contributed by atoms with van der Waals surface area (Å²) in [6.45, 7) is 8.69. The van der Waals surface area contributed by atoms with Gasteiger partial charge in [-0.05, 0) is 32.5 Å². The molecule has 0 saturated carbocycles. The second-order valence-corrected chi connectivity index (χ2v) is 5.00. The molecular formula is C14H24N4O2. The topological polar surface area (TPSA) is 70.4 Å². The molecule has 1 atom stereocenters. The quantitative estimate of drug-likeness (QED) is 0.784. The number of nitrogens with zero attached hydrogens (tertiary/aromatic N) is 2. The van der Waals surface area contributed by atoms with E-state index in [4.69, 9.17) is 4.42 Å². The predicted octanol–water partition coefficient (Wildman–Crippen LogP) is 1.17. The lowest BCUT2D eigenvalue weighted by molar-refractivity contribution is 0.0944. The Hall–Kier alpha value is -1.40. The molecule has 1 unspecified atom stereocenters. The monoisotopic (exact) mass is 280 g/mol. The first-order valence-corrected chi connectivity index (χ1v) is 7.44. The molecule has 6 nitrogen and oxygen atoms in total. The number of hydrogen-bond donors (Lipinski definition) is 2. The van der Waals surface area contributed by atoms with Crippen LogP contribution in [-0.2, 0) is 0 Å². The largest absolute Gasteiger partial charge is 0.446 e. The fourth-order valence-corrected chi connectivity index (χ4v) is 2.41. The summed E-state index contributed by atoms with van der Waals surface area (Å²) in [6, 6.07) is 0.159. The molecule has 0 bridgehead atoms. The Morgan fingerprint density at radius 3 is 3.00 bits per heavy atom. The van der Waals surface area contributed by atoms with E-state index in [1.165, 1.54) is 6.26 Å². The third-order valence-corrected chi connectivity index (χ3v) is 3.72. The zero-order chi connectivity index (χ0) is 14.4.